The summed E-state index contributed by atoms with van der Waals surface area (Å²) in [4.78, 5) is 0.337. The van der Waals surface area contributed by atoms with Gasteiger partial charge in [-0.1, -0.05) is 69.4 Å². The smallest absolute Gasteiger partial charge is 0.238 e. The SMILES string of the molecule is COc1cccc(NC(=S)/C(=C(\[O-])c2ccc(C(C)(C)C)cc2)[n+]2ccccc2)c1. The topological polar surface area (TPSA) is 48.2 Å². The Morgan fingerprint density at radius 2 is 1.63 bits per heavy atom. The minimum atomic E-state index is -0.146. The number of rotatable bonds is 5. The van der Waals surface area contributed by atoms with Crippen LogP contribution in [-0.2, 0) is 5.41 Å². The zero-order valence-corrected chi connectivity index (χ0v) is 18.5. The van der Waals surface area contributed by atoms with Crippen LogP contribution < -0.4 is 19.7 Å². The zero-order chi connectivity index (χ0) is 21.7. The number of thiocarbonyl (C=S) groups is 1. The first-order chi connectivity index (χ1) is 14.3. The van der Waals surface area contributed by atoms with Crippen molar-refractivity contribution in [1.82, 2.24) is 0 Å². The van der Waals surface area contributed by atoms with E-state index in [0.29, 0.717) is 22.0 Å². The fourth-order valence-electron chi connectivity index (χ4n) is 3.03. The fourth-order valence-corrected chi connectivity index (χ4v) is 3.35. The van der Waals surface area contributed by atoms with Crippen LogP contribution in [-0.4, -0.2) is 12.1 Å². The second-order valence-electron chi connectivity index (χ2n) is 7.97. The first kappa shape index (κ1) is 21.5. The Morgan fingerprint density at radius 3 is 2.23 bits per heavy atom. The average molecular weight is 419 g/mol. The Morgan fingerprint density at radius 1 is 0.967 bits per heavy atom. The summed E-state index contributed by atoms with van der Waals surface area (Å²) in [5, 5.41) is 16.6. The number of aromatic nitrogens is 1. The molecule has 5 heteroatoms. The Kier molecular flexibility index (Phi) is 6.53. The van der Waals surface area contributed by atoms with Crippen molar-refractivity contribution in [3.63, 3.8) is 0 Å². The van der Waals surface area contributed by atoms with Crippen LogP contribution in [0.4, 0.5) is 5.69 Å². The van der Waals surface area contributed by atoms with Gasteiger partial charge in [-0.2, -0.15) is 4.57 Å². The highest BCUT2D eigenvalue weighted by Gasteiger charge is 2.19. The third-order valence-electron chi connectivity index (χ3n) is 4.74. The molecule has 0 aliphatic rings. The van der Waals surface area contributed by atoms with Crippen molar-refractivity contribution < 1.29 is 14.4 Å². The maximum Gasteiger partial charge on any atom is 0.238 e. The molecule has 1 aromatic heterocycles. The van der Waals surface area contributed by atoms with Gasteiger partial charge in [-0.25, -0.2) is 0 Å². The van der Waals surface area contributed by atoms with Gasteiger partial charge in [-0.15, -0.1) is 0 Å². The number of benzene rings is 2. The van der Waals surface area contributed by atoms with E-state index in [9.17, 15) is 5.11 Å². The van der Waals surface area contributed by atoms with Gasteiger partial charge < -0.3 is 15.2 Å². The van der Waals surface area contributed by atoms with Crippen molar-refractivity contribution in [2.75, 3.05) is 12.4 Å². The van der Waals surface area contributed by atoms with E-state index in [0.717, 1.165) is 5.69 Å². The minimum absolute atomic E-state index is 0.0194. The molecule has 0 bridgehead atoms. The molecule has 30 heavy (non-hydrogen) atoms. The molecule has 0 amide bonds. The molecule has 1 heterocycles. The molecule has 0 unspecified atom stereocenters. The van der Waals surface area contributed by atoms with E-state index >= 15 is 0 Å². The van der Waals surface area contributed by atoms with E-state index in [2.05, 4.69) is 26.1 Å². The number of hydrogen-bond donors (Lipinski definition) is 1. The lowest BCUT2D eigenvalue weighted by Crippen LogP contribution is -2.39. The number of pyridine rings is 1. The van der Waals surface area contributed by atoms with Gasteiger partial charge in [0.05, 0.1) is 7.11 Å². The molecule has 3 rings (SSSR count). The molecule has 0 saturated heterocycles. The summed E-state index contributed by atoms with van der Waals surface area (Å²) >= 11 is 5.65. The predicted molar refractivity (Wildman–Crippen MR) is 124 cm³/mol. The number of ether oxygens (including phenoxy) is 1. The molecule has 0 fully saturated rings. The minimum Gasteiger partial charge on any atom is -0.867 e. The Labute approximate surface area is 183 Å². The van der Waals surface area contributed by atoms with E-state index in [-0.39, 0.29) is 11.2 Å². The van der Waals surface area contributed by atoms with Gasteiger partial charge in [0, 0.05) is 23.9 Å². The molecule has 3 aromatic rings. The van der Waals surface area contributed by atoms with Crippen LogP contribution >= 0.6 is 12.2 Å². The molecule has 0 saturated carbocycles. The Bertz CT molecular complexity index is 1050. The van der Waals surface area contributed by atoms with Crippen LogP contribution in [0.25, 0.3) is 11.5 Å². The number of nitrogens with zero attached hydrogens (tertiary/aromatic N) is 1. The second-order valence-corrected chi connectivity index (χ2v) is 8.38. The first-order valence-corrected chi connectivity index (χ1v) is 10.1. The van der Waals surface area contributed by atoms with Gasteiger partial charge in [-0.3, -0.25) is 0 Å². The summed E-state index contributed by atoms with van der Waals surface area (Å²) in [7, 11) is 1.61. The largest absolute Gasteiger partial charge is 0.867 e. The third kappa shape index (κ3) is 5.05. The van der Waals surface area contributed by atoms with Crippen molar-refractivity contribution >= 4 is 34.3 Å². The van der Waals surface area contributed by atoms with E-state index in [1.807, 2.05) is 79.1 Å². The monoisotopic (exact) mass is 418 g/mol. The standard InChI is InChI=1S/C25H26N2O2S/c1-25(2,3)19-13-11-18(12-14-19)23(28)22(27-15-6-5-7-16-27)24(30)26-20-9-8-10-21(17-20)29-4/h5-17H,1-4H3,(H-,26,28,30). The van der Waals surface area contributed by atoms with Gasteiger partial charge >= 0.3 is 0 Å². The van der Waals surface area contributed by atoms with Gasteiger partial charge in [0.2, 0.25) is 5.70 Å². The predicted octanol–water partition coefficient (Wildman–Crippen LogP) is 4.41. The van der Waals surface area contributed by atoms with Gasteiger partial charge in [-0.05, 0) is 34.4 Å². The van der Waals surface area contributed by atoms with Crippen molar-refractivity contribution in [2.45, 2.75) is 26.2 Å². The summed E-state index contributed by atoms with van der Waals surface area (Å²) in [6, 6.07) is 20.8. The summed E-state index contributed by atoms with van der Waals surface area (Å²) in [6.45, 7) is 6.44. The van der Waals surface area contributed by atoms with Crippen LogP contribution in [0.1, 0.15) is 31.9 Å². The third-order valence-corrected chi connectivity index (χ3v) is 5.04. The maximum atomic E-state index is 13.5. The summed E-state index contributed by atoms with van der Waals surface area (Å²) in [5.74, 6) is 0.563. The molecule has 4 nitrogen and oxygen atoms in total. The lowest BCUT2D eigenvalue weighted by molar-refractivity contribution is -0.577. The molecule has 2 aromatic carbocycles. The van der Waals surface area contributed by atoms with E-state index in [1.165, 1.54) is 5.56 Å². The molecular weight excluding hydrogens is 392 g/mol. The molecule has 0 aliphatic heterocycles. The fraction of sp³-hybridized carbons (Fsp3) is 0.200. The summed E-state index contributed by atoms with van der Waals surface area (Å²) in [5.41, 5.74) is 2.92. The highest BCUT2D eigenvalue weighted by molar-refractivity contribution is 7.81. The zero-order valence-electron chi connectivity index (χ0n) is 17.7. The molecule has 0 radical (unpaired) electrons. The van der Waals surface area contributed by atoms with Crippen molar-refractivity contribution in [3.05, 3.63) is 90.3 Å². The quantitative estimate of drug-likeness (QED) is 0.289. The number of anilines is 1. The Balaban J connectivity index is 2.02. The van der Waals surface area contributed by atoms with Crippen LogP contribution in [0.2, 0.25) is 0 Å². The summed E-state index contributed by atoms with van der Waals surface area (Å²) in [6.07, 6.45) is 3.63. The average Bonchev–Trinajstić information content (AvgIpc) is 2.74. The normalized spacial score (nSPS) is 12.1. The Hall–Kier alpha value is -3.18. The second kappa shape index (κ2) is 9.09. The summed E-state index contributed by atoms with van der Waals surface area (Å²) < 4.78 is 7.02. The van der Waals surface area contributed by atoms with Crippen LogP contribution in [0.15, 0.2) is 79.1 Å². The van der Waals surface area contributed by atoms with E-state index in [1.54, 1.807) is 11.7 Å². The number of nitrogens with one attached hydrogen (secondary N) is 1. The van der Waals surface area contributed by atoms with Crippen molar-refractivity contribution in [2.24, 2.45) is 0 Å². The number of methoxy groups -OCH3 is 1. The highest BCUT2D eigenvalue weighted by atomic mass is 32.1. The van der Waals surface area contributed by atoms with Crippen LogP contribution in [0, 0.1) is 0 Å². The van der Waals surface area contributed by atoms with Crippen LogP contribution in [0.5, 0.6) is 5.75 Å². The number of hydrogen-bond acceptors (Lipinski definition) is 3. The first-order valence-electron chi connectivity index (χ1n) is 9.74. The lowest BCUT2D eigenvalue weighted by Gasteiger charge is -2.21. The van der Waals surface area contributed by atoms with E-state index in [4.69, 9.17) is 17.0 Å². The highest BCUT2D eigenvalue weighted by Crippen LogP contribution is 2.25. The van der Waals surface area contributed by atoms with E-state index < -0.39 is 0 Å². The molecule has 0 spiro atoms. The molecule has 154 valence electrons. The van der Waals surface area contributed by atoms with Gasteiger partial charge in [0.1, 0.15) is 5.75 Å². The molecule has 1 N–H and O–H groups in total. The van der Waals surface area contributed by atoms with Crippen LogP contribution in [0.3, 0.4) is 0 Å². The lowest BCUT2D eigenvalue weighted by atomic mass is 9.86. The molecule has 0 atom stereocenters. The molecule has 0 aliphatic carbocycles. The van der Waals surface area contributed by atoms with Gasteiger partial charge in [0.15, 0.2) is 17.4 Å². The maximum absolute atomic E-state index is 13.5. The van der Waals surface area contributed by atoms with Crippen molar-refractivity contribution in [1.29, 1.82) is 0 Å². The van der Waals surface area contributed by atoms with Gasteiger partial charge in [0.25, 0.3) is 0 Å². The molecular formula is C25H26N2O2S. The van der Waals surface area contributed by atoms with Crippen molar-refractivity contribution in [3.8, 4) is 5.75 Å².